The van der Waals surface area contributed by atoms with E-state index in [1.807, 2.05) is 6.92 Å². The van der Waals surface area contributed by atoms with Gasteiger partial charge < -0.3 is 5.32 Å². The van der Waals surface area contributed by atoms with Crippen molar-refractivity contribution in [3.8, 4) is 0 Å². The third-order valence-corrected chi connectivity index (χ3v) is 7.37. The van der Waals surface area contributed by atoms with Crippen molar-refractivity contribution in [1.29, 1.82) is 0 Å². The Morgan fingerprint density at radius 1 is 1.24 bits per heavy atom. The van der Waals surface area contributed by atoms with Gasteiger partial charge in [0.1, 0.15) is 0 Å². The minimum Gasteiger partial charge on any atom is -0.314 e. The van der Waals surface area contributed by atoms with E-state index >= 15 is 0 Å². The molecule has 0 bridgehead atoms. The van der Waals surface area contributed by atoms with Crippen molar-refractivity contribution in [2.45, 2.75) is 49.3 Å². The summed E-state index contributed by atoms with van der Waals surface area (Å²) in [5.74, 6) is 0.0935. The van der Waals surface area contributed by atoms with E-state index in [0.29, 0.717) is 11.4 Å². The molecule has 21 heavy (non-hydrogen) atoms. The lowest BCUT2D eigenvalue weighted by molar-refractivity contribution is 0.425. The van der Waals surface area contributed by atoms with Crippen molar-refractivity contribution in [2.75, 3.05) is 6.54 Å². The Balaban J connectivity index is 2.22. The van der Waals surface area contributed by atoms with Gasteiger partial charge in [-0.1, -0.05) is 37.0 Å². The molecular weight excluding hydrogens is 329 g/mol. The maximum atomic E-state index is 12.8. The summed E-state index contributed by atoms with van der Waals surface area (Å²) in [6.07, 6.45) is 2.63. The van der Waals surface area contributed by atoms with Gasteiger partial charge >= 0.3 is 0 Å². The summed E-state index contributed by atoms with van der Waals surface area (Å²) < 4.78 is 25.6. The smallest absolute Gasteiger partial charge is 0.181 e. The summed E-state index contributed by atoms with van der Waals surface area (Å²) in [6.45, 7) is 5.05. The summed E-state index contributed by atoms with van der Waals surface area (Å²) in [4.78, 5) is 0.268. The van der Waals surface area contributed by atoms with Crippen molar-refractivity contribution < 1.29 is 8.42 Å². The molecule has 1 aromatic carbocycles. The van der Waals surface area contributed by atoms with Crippen LogP contribution in [0.15, 0.2) is 23.1 Å². The van der Waals surface area contributed by atoms with Gasteiger partial charge in [0, 0.05) is 6.04 Å². The average Bonchev–Trinajstić information content (AvgIpc) is 2.81. The van der Waals surface area contributed by atoms with E-state index in [1.165, 1.54) is 6.07 Å². The first kappa shape index (κ1) is 17.1. The molecule has 3 atom stereocenters. The fourth-order valence-corrected chi connectivity index (χ4v) is 5.47. The Kier molecular flexibility index (Phi) is 5.58. The van der Waals surface area contributed by atoms with E-state index < -0.39 is 9.84 Å². The summed E-state index contributed by atoms with van der Waals surface area (Å²) >= 11 is 11.8. The fourth-order valence-electron chi connectivity index (χ4n) is 3.01. The average molecular weight is 350 g/mol. The maximum Gasteiger partial charge on any atom is 0.181 e. The second kappa shape index (κ2) is 6.86. The molecule has 6 heteroatoms. The lowest BCUT2D eigenvalue weighted by Crippen LogP contribution is -2.36. The predicted molar refractivity (Wildman–Crippen MR) is 87.9 cm³/mol. The van der Waals surface area contributed by atoms with Crippen LogP contribution in [0.1, 0.15) is 33.1 Å². The molecule has 0 amide bonds. The normalized spacial score (nSPS) is 26.2. The molecule has 0 spiro atoms. The highest BCUT2D eigenvalue weighted by Crippen LogP contribution is 2.36. The van der Waals surface area contributed by atoms with Crippen molar-refractivity contribution in [3.05, 3.63) is 28.2 Å². The quantitative estimate of drug-likeness (QED) is 0.875. The van der Waals surface area contributed by atoms with E-state index in [0.717, 1.165) is 19.4 Å². The standard InChI is InChI=1S/C15H21Cl2NO2S/c1-3-8-18-14-6-7-15(10(14)2)21(19,20)11-4-5-12(16)13(17)9-11/h4-5,9-10,14-15,18H,3,6-8H2,1-2H3. The lowest BCUT2D eigenvalue weighted by Gasteiger charge is -2.22. The molecule has 0 aliphatic heterocycles. The molecule has 3 nitrogen and oxygen atoms in total. The zero-order chi connectivity index (χ0) is 15.6. The van der Waals surface area contributed by atoms with Gasteiger partial charge in [0.15, 0.2) is 9.84 Å². The van der Waals surface area contributed by atoms with E-state index in [2.05, 4.69) is 12.2 Å². The largest absolute Gasteiger partial charge is 0.314 e. The first-order chi connectivity index (χ1) is 9.87. The van der Waals surface area contributed by atoms with Crippen LogP contribution < -0.4 is 5.32 Å². The van der Waals surface area contributed by atoms with Gasteiger partial charge in [-0.25, -0.2) is 8.42 Å². The molecule has 118 valence electrons. The molecule has 1 aliphatic carbocycles. The number of hydrogen-bond donors (Lipinski definition) is 1. The van der Waals surface area contributed by atoms with Crippen LogP contribution in [-0.4, -0.2) is 26.3 Å². The second-order valence-corrected chi connectivity index (χ2v) is 8.64. The molecule has 1 aromatic rings. The summed E-state index contributed by atoms with van der Waals surface area (Å²) in [7, 11) is -3.37. The van der Waals surface area contributed by atoms with Gasteiger partial charge in [-0.05, 0) is 49.9 Å². The lowest BCUT2D eigenvalue weighted by atomic mass is 10.1. The fraction of sp³-hybridized carbons (Fsp3) is 0.600. The minimum atomic E-state index is -3.37. The van der Waals surface area contributed by atoms with Crippen LogP contribution in [0.4, 0.5) is 0 Å². The van der Waals surface area contributed by atoms with E-state index in [-0.39, 0.29) is 27.1 Å². The van der Waals surface area contributed by atoms with Gasteiger partial charge in [0.25, 0.3) is 0 Å². The number of halogens is 2. The van der Waals surface area contributed by atoms with Gasteiger partial charge in [0.05, 0.1) is 20.2 Å². The molecular formula is C15H21Cl2NO2S. The number of rotatable bonds is 5. The van der Waals surface area contributed by atoms with Crippen molar-refractivity contribution >= 4 is 33.0 Å². The van der Waals surface area contributed by atoms with E-state index in [1.54, 1.807) is 12.1 Å². The first-order valence-corrected chi connectivity index (χ1v) is 9.60. The van der Waals surface area contributed by atoms with E-state index in [4.69, 9.17) is 23.2 Å². The predicted octanol–water partition coefficient (Wildman–Crippen LogP) is 3.93. The Morgan fingerprint density at radius 3 is 2.57 bits per heavy atom. The van der Waals surface area contributed by atoms with Crippen LogP contribution in [-0.2, 0) is 9.84 Å². The molecule has 1 saturated carbocycles. The topological polar surface area (TPSA) is 46.2 Å². The molecule has 0 radical (unpaired) electrons. The molecule has 2 rings (SSSR count). The Hall–Kier alpha value is -0.290. The Labute approximate surface area is 136 Å². The molecule has 1 fully saturated rings. The highest BCUT2D eigenvalue weighted by molar-refractivity contribution is 7.92. The summed E-state index contributed by atoms with van der Waals surface area (Å²) in [5, 5.41) is 3.74. The van der Waals surface area contributed by atoms with E-state index in [9.17, 15) is 8.42 Å². The Bertz CT molecular complexity index is 604. The third-order valence-electron chi connectivity index (χ3n) is 4.26. The molecule has 0 aromatic heterocycles. The zero-order valence-electron chi connectivity index (χ0n) is 12.3. The summed E-state index contributed by atoms with van der Waals surface area (Å²) in [6, 6.07) is 4.82. The van der Waals surface area contributed by atoms with Crippen molar-refractivity contribution in [3.63, 3.8) is 0 Å². The SMILES string of the molecule is CCCNC1CCC(S(=O)(=O)c2ccc(Cl)c(Cl)c2)C1C. The van der Waals surface area contributed by atoms with Crippen LogP contribution >= 0.6 is 23.2 Å². The number of nitrogens with one attached hydrogen (secondary N) is 1. The number of benzene rings is 1. The highest BCUT2D eigenvalue weighted by atomic mass is 35.5. The van der Waals surface area contributed by atoms with Crippen LogP contribution in [0.3, 0.4) is 0 Å². The van der Waals surface area contributed by atoms with Gasteiger partial charge in [-0.3, -0.25) is 0 Å². The third kappa shape index (κ3) is 3.55. The van der Waals surface area contributed by atoms with Gasteiger partial charge in [-0.2, -0.15) is 0 Å². The number of hydrogen-bond acceptors (Lipinski definition) is 3. The molecule has 1 N–H and O–H groups in total. The van der Waals surface area contributed by atoms with Crippen LogP contribution in [0.25, 0.3) is 0 Å². The van der Waals surface area contributed by atoms with Gasteiger partial charge in [0.2, 0.25) is 0 Å². The highest BCUT2D eigenvalue weighted by Gasteiger charge is 2.41. The van der Waals surface area contributed by atoms with Crippen molar-refractivity contribution in [1.82, 2.24) is 5.32 Å². The summed E-state index contributed by atoms with van der Waals surface area (Å²) in [5.41, 5.74) is 0. The molecule has 0 saturated heterocycles. The monoisotopic (exact) mass is 349 g/mol. The Morgan fingerprint density at radius 2 is 1.95 bits per heavy atom. The minimum absolute atomic E-state index is 0.0935. The number of sulfone groups is 1. The van der Waals surface area contributed by atoms with Crippen LogP contribution in [0, 0.1) is 5.92 Å². The molecule has 0 heterocycles. The van der Waals surface area contributed by atoms with Crippen LogP contribution in [0.2, 0.25) is 10.0 Å². The van der Waals surface area contributed by atoms with Crippen molar-refractivity contribution in [2.24, 2.45) is 5.92 Å². The van der Waals surface area contributed by atoms with Gasteiger partial charge in [-0.15, -0.1) is 0 Å². The molecule has 3 unspecified atom stereocenters. The molecule has 1 aliphatic rings. The zero-order valence-corrected chi connectivity index (χ0v) is 14.6. The second-order valence-electron chi connectivity index (χ2n) is 5.66. The maximum absolute atomic E-state index is 12.8. The van der Waals surface area contributed by atoms with Crippen LogP contribution in [0.5, 0.6) is 0 Å². The first-order valence-electron chi connectivity index (χ1n) is 7.30.